The standard InChI is InChI=1S/C20H18N6O2/c21-9-13-1-3-14(4-2-13)17-12-24-26(20(17)28)18-6-5-15(10-23-18)19(27)25-16-7-8-22-11-16/h1-6,10,12,16,22,28H,7-8,11H2,(H,25,27)/t16-/m0/s1. The fraction of sp³-hybridized carbons (Fsp3) is 0.200. The first-order chi connectivity index (χ1) is 13.7. The molecule has 1 saturated heterocycles. The molecule has 2 aromatic heterocycles. The van der Waals surface area contributed by atoms with Gasteiger partial charge in [-0.1, -0.05) is 12.1 Å². The van der Waals surface area contributed by atoms with Crippen molar-refractivity contribution in [1.29, 1.82) is 5.26 Å². The number of nitrogens with zero attached hydrogens (tertiary/aromatic N) is 4. The third-order valence-electron chi connectivity index (χ3n) is 4.69. The number of aromatic nitrogens is 3. The lowest BCUT2D eigenvalue weighted by Crippen LogP contribution is -2.36. The summed E-state index contributed by atoms with van der Waals surface area (Å²) >= 11 is 0. The van der Waals surface area contributed by atoms with Crippen LogP contribution in [0.15, 0.2) is 48.8 Å². The molecule has 1 aromatic carbocycles. The van der Waals surface area contributed by atoms with E-state index in [-0.39, 0.29) is 17.8 Å². The Morgan fingerprint density at radius 1 is 1.25 bits per heavy atom. The summed E-state index contributed by atoms with van der Waals surface area (Å²) in [6, 6.07) is 12.3. The van der Waals surface area contributed by atoms with Crippen molar-refractivity contribution < 1.29 is 9.90 Å². The molecule has 0 saturated carbocycles. The van der Waals surface area contributed by atoms with E-state index in [0.29, 0.717) is 22.5 Å². The molecule has 0 spiro atoms. The van der Waals surface area contributed by atoms with Gasteiger partial charge < -0.3 is 15.7 Å². The topological polar surface area (TPSA) is 116 Å². The number of carbonyl (C=O) groups excluding carboxylic acids is 1. The Morgan fingerprint density at radius 2 is 2.07 bits per heavy atom. The van der Waals surface area contributed by atoms with Gasteiger partial charge in [-0.05, 0) is 42.8 Å². The molecule has 4 rings (SSSR count). The Morgan fingerprint density at radius 3 is 2.71 bits per heavy atom. The summed E-state index contributed by atoms with van der Waals surface area (Å²) in [7, 11) is 0. The first-order valence-electron chi connectivity index (χ1n) is 8.91. The van der Waals surface area contributed by atoms with E-state index in [1.807, 2.05) is 0 Å². The van der Waals surface area contributed by atoms with E-state index in [2.05, 4.69) is 26.8 Å². The molecule has 3 aromatic rings. The molecule has 8 nitrogen and oxygen atoms in total. The van der Waals surface area contributed by atoms with Crippen molar-refractivity contribution in [2.45, 2.75) is 12.5 Å². The van der Waals surface area contributed by atoms with Gasteiger partial charge in [0, 0.05) is 18.8 Å². The van der Waals surface area contributed by atoms with Crippen LogP contribution in [-0.2, 0) is 0 Å². The van der Waals surface area contributed by atoms with Crippen LogP contribution in [-0.4, -0.2) is 44.9 Å². The van der Waals surface area contributed by atoms with Crippen molar-refractivity contribution in [2.24, 2.45) is 0 Å². The molecular weight excluding hydrogens is 356 g/mol. The summed E-state index contributed by atoms with van der Waals surface area (Å²) in [5.41, 5.74) is 2.26. The Labute approximate surface area is 161 Å². The van der Waals surface area contributed by atoms with Crippen LogP contribution < -0.4 is 10.6 Å². The van der Waals surface area contributed by atoms with E-state index < -0.39 is 0 Å². The maximum atomic E-state index is 12.3. The maximum Gasteiger partial charge on any atom is 0.253 e. The van der Waals surface area contributed by atoms with Gasteiger partial charge in [-0.15, -0.1) is 0 Å². The highest BCUT2D eigenvalue weighted by Gasteiger charge is 2.18. The van der Waals surface area contributed by atoms with E-state index >= 15 is 0 Å². The van der Waals surface area contributed by atoms with Crippen LogP contribution in [0, 0.1) is 11.3 Å². The second-order valence-corrected chi connectivity index (χ2v) is 6.55. The number of amides is 1. The molecule has 0 unspecified atom stereocenters. The number of rotatable bonds is 4. The van der Waals surface area contributed by atoms with E-state index in [0.717, 1.165) is 25.1 Å². The van der Waals surface area contributed by atoms with Crippen LogP contribution in [0.3, 0.4) is 0 Å². The molecule has 3 heterocycles. The molecule has 0 radical (unpaired) electrons. The highest BCUT2D eigenvalue weighted by atomic mass is 16.3. The summed E-state index contributed by atoms with van der Waals surface area (Å²) in [6.07, 6.45) is 3.91. The summed E-state index contributed by atoms with van der Waals surface area (Å²) < 4.78 is 1.30. The number of benzene rings is 1. The Bertz CT molecular complexity index is 1030. The molecule has 1 atom stereocenters. The Hall–Kier alpha value is -3.70. The third-order valence-corrected chi connectivity index (χ3v) is 4.69. The quantitative estimate of drug-likeness (QED) is 0.639. The van der Waals surface area contributed by atoms with Crippen LogP contribution in [0.4, 0.5) is 0 Å². The van der Waals surface area contributed by atoms with Crippen LogP contribution >= 0.6 is 0 Å². The molecule has 3 N–H and O–H groups in total. The highest BCUT2D eigenvalue weighted by molar-refractivity contribution is 5.94. The minimum Gasteiger partial charge on any atom is -0.493 e. The molecule has 1 aliphatic rings. The maximum absolute atomic E-state index is 12.3. The van der Waals surface area contributed by atoms with Gasteiger partial charge >= 0.3 is 0 Å². The van der Waals surface area contributed by atoms with E-state index in [1.165, 1.54) is 17.1 Å². The molecule has 8 heteroatoms. The second-order valence-electron chi connectivity index (χ2n) is 6.55. The molecule has 1 amide bonds. The van der Waals surface area contributed by atoms with Crippen molar-refractivity contribution in [1.82, 2.24) is 25.4 Å². The van der Waals surface area contributed by atoms with Crippen molar-refractivity contribution >= 4 is 5.91 Å². The van der Waals surface area contributed by atoms with Gasteiger partial charge in [0.25, 0.3) is 5.91 Å². The smallest absolute Gasteiger partial charge is 0.253 e. The van der Waals surface area contributed by atoms with Crippen LogP contribution in [0.25, 0.3) is 16.9 Å². The summed E-state index contributed by atoms with van der Waals surface area (Å²) in [4.78, 5) is 16.5. The number of carbonyl (C=O) groups is 1. The summed E-state index contributed by atoms with van der Waals surface area (Å²) in [6.45, 7) is 1.68. The fourth-order valence-corrected chi connectivity index (χ4v) is 3.13. The average molecular weight is 374 g/mol. The SMILES string of the molecule is N#Cc1ccc(-c2cnn(-c3ccc(C(=O)N[C@H]4CCNC4)cn3)c2O)cc1. The third kappa shape index (κ3) is 3.43. The van der Waals surface area contributed by atoms with Crippen molar-refractivity contribution in [3.63, 3.8) is 0 Å². The van der Waals surface area contributed by atoms with Crippen LogP contribution in [0.5, 0.6) is 5.88 Å². The van der Waals surface area contributed by atoms with Crippen LogP contribution in [0.1, 0.15) is 22.3 Å². The number of pyridine rings is 1. The first-order valence-corrected chi connectivity index (χ1v) is 8.91. The molecule has 1 fully saturated rings. The molecule has 0 aliphatic carbocycles. The molecule has 0 bridgehead atoms. The Balaban J connectivity index is 1.53. The minimum atomic E-state index is -0.171. The normalized spacial score (nSPS) is 15.9. The van der Waals surface area contributed by atoms with Crippen molar-refractivity contribution in [3.05, 3.63) is 59.9 Å². The molecule has 28 heavy (non-hydrogen) atoms. The number of hydrogen-bond donors (Lipinski definition) is 3. The van der Waals surface area contributed by atoms with Crippen molar-refractivity contribution in [3.8, 4) is 28.9 Å². The summed E-state index contributed by atoms with van der Waals surface area (Å²) in [5, 5.41) is 29.8. The van der Waals surface area contributed by atoms with Gasteiger partial charge in [0.2, 0.25) is 5.88 Å². The first kappa shape index (κ1) is 17.7. The minimum absolute atomic E-state index is 0.0635. The van der Waals surface area contributed by atoms with E-state index in [4.69, 9.17) is 5.26 Å². The highest BCUT2D eigenvalue weighted by Crippen LogP contribution is 2.30. The zero-order chi connectivity index (χ0) is 19.5. The van der Waals surface area contributed by atoms with E-state index in [1.54, 1.807) is 36.4 Å². The average Bonchev–Trinajstić information content (AvgIpc) is 3.38. The Kier molecular flexibility index (Phi) is 4.74. The van der Waals surface area contributed by atoms with Gasteiger partial charge in [-0.3, -0.25) is 4.79 Å². The lowest BCUT2D eigenvalue weighted by molar-refractivity contribution is 0.0939. The summed E-state index contributed by atoms with van der Waals surface area (Å²) in [5.74, 6) is 0.165. The lowest BCUT2D eigenvalue weighted by atomic mass is 10.1. The number of hydrogen-bond acceptors (Lipinski definition) is 6. The molecular formula is C20H18N6O2. The van der Waals surface area contributed by atoms with E-state index in [9.17, 15) is 9.90 Å². The van der Waals surface area contributed by atoms with Gasteiger partial charge in [-0.2, -0.15) is 15.0 Å². The molecule has 1 aliphatic heterocycles. The second kappa shape index (κ2) is 7.50. The van der Waals surface area contributed by atoms with Gasteiger partial charge in [0.05, 0.1) is 29.0 Å². The van der Waals surface area contributed by atoms with Crippen LogP contribution in [0.2, 0.25) is 0 Å². The largest absolute Gasteiger partial charge is 0.493 e. The van der Waals surface area contributed by atoms with Gasteiger partial charge in [0.1, 0.15) is 0 Å². The number of nitriles is 1. The molecule has 140 valence electrons. The lowest BCUT2D eigenvalue weighted by Gasteiger charge is -2.11. The van der Waals surface area contributed by atoms with Gasteiger partial charge in [0.15, 0.2) is 5.82 Å². The predicted octanol–water partition coefficient (Wildman–Crippen LogP) is 1.60. The number of aromatic hydroxyl groups is 1. The van der Waals surface area contributed by atoms with Crippen molar-refractivity contribution in [2.75, 3.05) is 13.1 Å². The monoisotopic (exact) mass is 374 g/mol. The zero-order valence-corrected chi connectivity index (χ0v) is 15.0. The fourth-order valence-electron chi connectivity index (χ4n) is 3.13. The predicted molar refractivity (Wildman–Crippen MR) is 102 cm³/mol. The zero-order valence-electron chi connectivity index (χ0n) is 15.0. The number of nitrogens with one attached hydrogen (secondary N) is 2. The van der Waals surface area contributed by atoms with Gasteiger partial charge in [-0.25, -0.2) is 4.98 Å².